The van der Waals surface area contributed by atoms with Crippen molar-refractivity contribution in [3.63, 3.8) is 0 Å². The van der Waals surface area contributed by atoms with E-state index in [0.717, 1.165) is 49.2 Å². The first-order chi connectivity index (χ1) is 14.7. The average molecular weight is 402 g/mol. The number of aliphatic hydroxyl groups excluding tert-OH is 1. The molecule has 0 heterocycles. The van der Waals surface area contributed by atoms with Gasteiger partial charge in [0.2, 0.25) is 0 Å². The van der Waals surface area contributed by atoms with Crippen LogP contribution in [0.15, 0.2) is 78.9 Å². The van der Waals surface area contributed by atoms with Crippen LogP contribution in [0.1, 0.15) is 41.2 Å². The summed E-state index contributed by atoms with van der Waals surface area (Å²) in [5.74, 6) is 1.19. The maximum Gasteiger partial charge on any atom is 0.120 e. The lowest BCUT2D eigenvalue weighted by atomic mass is 9.79. The molecule has 0 unspecified atom stereocenters. The molecule has 1 aliphatic rings. The number of nitrogens with zero attached hydrogens (tertiary/aromatic N) is 1. The number of rotatable bonds is 8. The molecular formula is C27H31NO2. The van der Waals surface area contributed by atoms with E-state index in [4.69, 9.17) is 4.74 Å². The number of fused-ring (bicyclic) bond motifs is 1. The maximum atomic E-state index is 11.0. The van der Waals surface area contributed by atoms with Gasteiger partial charge in [-0.05, 0) is 73.2 Å². The van der Waals surface area contributed by atoms with Crippen LogP contribution in [0.2, 0.25) is 0 Å². The summed E-state index contributed by atoms with van der Waals surface area (Å²) in [4.78, 5) is 2.35. The molecule has 3 heteroatoms. The molecule has 1 aliphatic carbocycles. The van der Waals surface area contributed by atoms with Gasteiger partial charge in [0.15, 0.2) is 0 Å². The Hall–Kier alpha value is -2.62. The largest absolute Gasteiger partial charge is 0.489 e. The topological polar surface area (TPSA) is 32.7 Å². The van der Waals surface area contributed by atoms with E-state index in [1.54, 1.807) is 0 Å². The van der Waals surface area contributed by atoms with Gasteiger partial charge < -0.3 is 14.7 Å². The van der Waals surface area contributed by atoms with Crippen LogP contribution in [0.5, 0.6) is 5.75 Å². The fourth-order valence-corrected chi connectivity index (χ4v) is 4.33. The number of aliphatic hydroxyl groups is 1. The summed E-state index contributed by atoms with van der Waals surface area (Å²) in [5, 5.41) is 11.0. The molecule has 0 aliphatic heterocycles. The third-order valence-electron chi connectivity index (χ3n) is 6.09. The predicted molar refractivity (Wildman–Crippen MR) is 121 cm³/mol. The highest BCUT2D eigenvalue weighted by Gasteiger charge is 2.28. The van der Waals surface area contributed by atoms with Crippen molar-refractivity contribution in [3.8, 4) is 5.75 Å². The Morgan fingerprint density at radius 1 is 0.933 bits per heavy atom. The van der Waals surface area contributed by atoms with Crippen molar-refractivity contribution in [2.24, 2.45) is 5.92 Å². The van der Waals surface area contributed by atoms with Crippen molar-refractivity contribution in [2.75, 3.05) is 13.6 Å². The Morgan fingerprint density at radius 2 is 1.63 bits per heavy atom. The first-order valence-electron chi connectivity index (χ1n) is 10.9. The highest BCUT2D eigenvalue weighted by molar-refractivity contribution is 5.39. The van der Waals surface area contributed by atoms with Gasteiger partial charge in [0.05, 0.1) is 6.10 Å². The highest BCUT2D eigenvalue weighted by Crippen LogP contribution is 2.38. The Morgan fingerprint density at radius 3 is 2.37 bits per heavy atom. The van der Waals surface area contributed by atoms with Crippen LogP contribution < -0.4 is 4.74 Å². The van der Waals surface area contributed by atoms with E-state index < -0.39 is 0 Å². The quantitative estimate of drug-likeness (QED) is 0.550. The van der Waals surface area contributed by atoms with Crippen LogP contribution in [0.4, 0.5) is 0 Å². The fraction of sp³-hybridized carbons (Fsp3) is 0.333. The molecule has 2 atom stereocenters. The molecular weight excluding hydrogens is 370 g/mol. The van der Waals surface area contributed by atoms with Gasteiger partial charge in [-0.2, -0.15) is 0 Å². The van der Waals surface area contributed by atoms with Gasteiger partial charge in [-0.15, -0.1) is 0 Å². The standard InChI is InChI=1S/C27H31NO2/c1-28(19-21-8-4-2-5-9-21)17-16-23-12-13-24-18-25(14-15-26(24)27(23)29)30-20-22-10-6-3-7-11-22/h2-11,14-15,18,23,27,29H,12-13,16-17,19-20H2,1H3/t23-,27-/m1/s1. The fourth-order valence-electron chi connectivity index (χ4n) is 4.33. The number of hydrogen-bond donors (Lipinski definition) is 1. The zero-order valence-electron chi connectivity index (χ0n) is 17.7. The molecule has 156 valence electrons. The van der Waals surface area contributed by atoms with E-state index in [1.165, 1.54) is 11.1 Å². The lowest BCUT2D eigenvalue weighted by Gasteiger charge is -2.31. The van der Waals surface area contributed by atoms with Crippen LogP contribution in [0.3, 0.4) is 0 Å². The van der Waals surface area contributed by atoms with Gasteiger partial charge in [-0.25, -0.2) is 0 Å². The lowest BCUT2D eigenvalue weighted by molar-refractivity contribution is 0.0816. The van der Waals surface area contributed by atoms with E-state index in [-0.39, 0.29) is 6.10 Å². The van der Waals surface area contributed by atoms with Crippen LogP contribution in [-0.4, -0.2) is 23.6 Å². The van der Waals surface area contributed by atoms with E-state index in [2.05, 4.69) is 66.5 Å². The molecule has 0 bridgehead atoms. The number of ether oxygens (including phenoxy) is 1. The molecule has 3 nitrogen and oxygen atoms in total. The predicted octanol–water partition coefficient (Wildman–Crippen LogP) is 5.38. The summed E-state index contributed by atoms with van der Waals surface area (Å²) in [6, 6.07) is 26.9. The third-order valence-corrected chi connectivity index (χ3v) is 6.09. The van der Waals surface area contributed by atoms with Crippen LogP contribution in [0.25, 0.3) is 0 Å². The second-order valence-electron chi connectivity index (χ2n) is 8.39. The highest BCUT2D eigenvalue weighted by atomic mass is 16.5. The Labute approximate surface area is 179 Å². The van der Waals surface area contributed by atoms with E-state index >= 15 is 0 Å². The summed E-state index contributed by atoms with van der Waals surface area (Å²) >= 11 is 0. The first kappa shape index (κ1) is 20.6. The molecule has 0 saturated heterocycles. The normalized spacial score (nSPS) is 18.2. The molecule has 0 radical (unpaired) electrons. The molecule has 0 amide bonds. The summed E-state index contributed by atoms with van der Waals surface area (Å²) in [6.07, 6.45) is 2.65. The van der Waals surface area contributed by atoms with Crippen molar-refractivity contribution in [1.82, 2.24) is 4.90 Å². The smallest absolute Gasteiger partial charge is 0.120 e. The Balaban J connectivity index is 1.31. The molecule has 30 heavy (non-hydrogen) atoms. The Bertz CT molecular complexity index is 926. The molecule has 0 aromatic heterocycles. The van der Waals surface area contributed by atoms with Gasteiger partial charge >= 0.3 is 0 Å². The second-order valence-corrected chi connectivity index (χ2v) is 8.39. The molecule has 3 aromatic carbocycles. The zero-order chi connectivity index (χ0) is 20.8. The molecule has 0 saturated carbocycles. The Kier molecular flexibility index (Phi) is 6.83. The monoisotopic (exact) mass is 401 g/mol. The van der Waals surface area contributed by atoms with Crippen LogP contribution in [-0.2, 0) is 19.6 Å². The molecule has 4 rings (SSSR count). The van der Waals surface area contributed by atoms with Crippen molar-refractivity contribution < 1.29 is 9.84 Å². The molecule has 1 N–H and O–H groups in total. The second kappa shape index (κ2) is 9.92. The average Bonchev–Trinajstić information content (AvgIpc) is 2.78. The van der Waals surface area contributed by atoms with Gasteiger partial charge in [0, 0.05) is 6.54 Å². The first-order valence-corrected chi connectivity index (χ1v) is 10.9. The maximum absolute atomic E-state index is 11.0. The molecule has 0 spiro atoms. The SMILES string of the molecule is CN(CC[C@H]1CCc2cc(OCc3ccccc3)ccc2[C@@H]1O)Cc1ccccc1. The minimum absolute atomic E-state index is 0.312. The minimum atomic E-state index is -0.387. The van der Waals surface area contributed by atoms with Gasteiger partial charge in [0.1, 0.15) is 12.4 Å². The van der Waals surface area contributed by atoms with Gasteiger partial charge in [-0.1, -0.05) is 66.7 Å². The lowest BCUT2D eigenvalue weighted by Crippen LogP contribution is -2.26. The van der Waals surface area contributed by atoms with Gasteiger partial charge in [-0.3, -0.25) is 0 Å². The zero-order valence-corrected chi connectivity index (χ0v) is 17.7. The summed E-state index contributed by atoms with van der Waals surface area (Å²) < 4.78 is 5.97. The van der Waals surface area contributed by atoms with E-state index in [0.29, 0.717) is 12.5 Å². The van der Waals surface area contributed by atoms with Gasteiger partial charge in [0.25, 0.3) is 0 Å². The van der Waals surface area contributed by atoms with Crippen molar-refractivity contribution >= 4 is 0 Å². The van der Waals surface area contributed by atoms with Crippen molar-refractivity contribution in [2.45, 2.75) is 38.5 Å². The van der Waals surface area contributed by atoms with Crippen molar-refractivity contribution in [1.29, 1.82) is 0 Å². The molecule has 0 fully saturated rings. The number of hydrogen-bond acceptors (Lipinski definition) is 3. The van der Waals surface area contributed by atoms with Crippen molar-refractivity contribution in [3.05, 3.63) is 101 Å². The number of aryl methyl sites for hydroxylation is 1. The summed E-state index contributed by atoms with van der Waals surface area (Å²) in [5.41, 5.74) is 4.79. The number of benzene rings is 3. The third kappa shape index (κ3) is 5.29. The van der Waals surface area contributed by atoms with Crippen LogP contribution >= 0.6 is 0 Å². The summed E-state index contributed by atoms with van der Waals surface area (Å²) in [7, 11) is 2.16. The van der Waals surface area contributed by atoms with Crippen LogP contribution in [0, 0.1) is 5.92 Å². The molecule has 3 aromatic rings. The minimum Gasteiger partial charge on any atom is -0.489 e. The van der Waals surface area contributed by atoms with E-state index in [1.807, 2.05) is 24.3 Å². The van der Waals surface area contributed by atoms with E-state index in [9.17, 15) is 5.11 Å². The summed E-state index contributed by atoms with van der Waals surface area (Å²) in [6.45, 7) is 2.51.